The number of carbonyl (C=O) groups is 1. The van der Waals surface area contributed by atoms with E-state index in [1.165, 1.54) is 13.2 Å². The number of aliphatic hydroxyl groups is 1. The smallest absolute Gasteiger partial charge is 0.223 e. The van der Waals surface area contributed by atoms with E-state index in [-0.39, 0.29) is 12.5 Å². The summed E-state index contributed by atoms with van der Waals surface area (Å²) in [4.78, 5) is 11.7. The zero-order chi connectivity index (χ0) is 19.7. The van der Waals surface area contributed by atoms with Gasteiger partial charge in [0.05, 0.1) is 12.9 Å². The van der Waals surface area contributed by atoms with Gasteiger partial charge in [0.1, 0.15) is 30.1 Å². The summed E-state index contributed by atoms with van der Waals surface area (Å²) < 4.78 is 28.8. The molecule has 6 atom stereocenters. The number of amides is 1. The molecule has 1 aromatic carbocycles. The maximum absolute atomic E-state index is 11.7. The lowest BCUT2D eigenvalue weighted by molar-refractivity contribution is -0.336. The second-order valence-electron chi connectivity index (χ2n) is 6.97. The van der Waals surface area contributed by atoms with Gasteiger partial charge in [-0.05, 0) is 31.2 Å². The fourth-order valence-corrected chi connectivity index (χ4v) is 3.40. The number of aryl methyl sites for hydroxylation is 1. The first kappa shape index (κ1) is 18.9. The molecule has 2 aromatic rings. The lowest BCUT2D eigenvalue weighted by Gasteiger charge is -2.47. The van der Waals surface area contributed by atoms with Crippen molar-refractivity contribution < 1.29 is 33.3 Å². The van der Waals surface area contributed by atoms with Crippen LogP contribution in [-0.2, 0) is 19.0 Å². The number of furan rings is 1. The first-order valence-corrected chi connectivity index (χ1v) is 9.15. The molecule has 2 aliphatic rings. The summed E-state index contributed by atoms with van der Waals surface area (Å²) in [5, 5.41) is 13.6. The number of aliphatic hydroxyl groups excluding tert-OH is 1. The first-order chi connectivity index (χ1) is 13.5. The molecule has 8 nitrogen and oxygen atoms in total. The molecule has 2 N–H and O–H groups in total. The average Bonchev–Trinajstić information content (AvgIpc) is 3.21. The predicted molar refractivity (Wildman–Crippen MR) is 96.4 cm³/mol. The molecular weight excluding hydrogens is 366 g/mol. The molecule has 8 heteroatoms. The summed E-state index contributed by atoms with van der Waals surface area (Å²) in [7, 11) is 0. The van der Waals surface area contributed by atoms with E-state index in [4.69, 9.17) is 23.4 Å². The normalized spacial score (nSPS) is 32.4. The molecule has 0 aliphatic carbocycles. The lowest BCUT2D eigenvalue weighted by atomic mass is 9.96. The summed E-state index contributed by atoms with van der Waals surface area (Å²) in [6, 6.07) is 10.1. The van der Waals surface area contributed by atoms with E-state index in [1.54, 1.807) is 12.1 Å². The first-order valence-electron chi connectivity index (χ1n) is 9.15. The molecule has 0 saturated carbocycles. The van der Waals surface area contributed by atoms with E-state index in [0.717, 1.165) is 5.56 Å². The Bertz CT molecular complexity index is 791. The van der Waals surface area contributed by atoms with Crippen LogP contribution in [0.1, 0.15) is 24.5 Å². The van der Waals surface area contributed by atoms with Crippen molar-refractivity contribution >= 4 is 5.91 Å². The van der Waals surface area contributed by atoms with Crippen molar-refractivity contribution in [2.45, 2.75) is 50.8 Å². The summed E-state index contributed by atoms with van der Waals surface area (Å²) >= 11 is 0. The molecule has 0 bridgehead atoms. The van der Waals surface area contributed by atoms with E-state index in [1.807, 2.05) is 31.2 Å². The summed E-state index contributed by atoms with van der Waals surface area (Å²) in [6.45, 7) is 3.54. The molecule has 2 aliphatic heterocycles. The van der Waals surface area contributed by atoms with Gasteiger partial charge in [-0.15, -0.1) is 0 Å². The van der Waals surface area contributed by atoms with Gasteiger partial charge in [0.2, 0.25) is 18.5 Å². The van der Waals surface area contributed by atoms with Crippen LogP contribution >= 0.6 is 0 Å². The number of ether oxygens (including phenoxy) is 4. The van der Waals surface area contributed by atoms with Crippen LogP contribution in [0.3, 0.4) is 0 Å². The highest BCUT2D eigenvalue weighted by atomic mass is 16.8. The Morgan fingerprint density at radius 3 is 2.68 bits per heavy atom. The Morgan fingerprint density at radius 2 is 2.00 bits per heavy atom. The Kier molecular flexibility index (Phi) is 5.36. The average molecular weight is 389 g/mol. The SMILES string of the molecule is CC(=O)N[C@@H]1[C@H](Oc2ccc(C)cc2)O[C@@H]2CO[C@H](c3ccco3)O[C@@H]2[C@H]1O. The number of nitrogens with one attached hydrogen (secondary N) is 1. The van der Waals surface area contributed by atoms with Crippen LogP contribution in [-0.4, -0.2) is 48.3 Å². The number of carbonyl (C=O) groups excluding carboxylic acids is 1. The summed E-state index contributed by atoms with van der Waals surface area (Å²) in [5.74, 6) is 0.765. The van der Waals surface area contributed by atoms with Gasteiger partial charge in [-0.1, -0.05) is 17.7 Å². The maximum atomic E-state index is 11.7. The van der Waals surface area contributed by atoms with E-state index in [2.05, 4.69) is 5.32 Å². The Balaban J connectivity index is 1.53. The van der Waals surface area contributed by atoms with E-state index >= 15 is 0 Å². The van der Waals surface area contributed by atoms with Gasteiger partial charge >= 0.3 is 0 Å². The van der Waals surface area contributed by atoms with Crippen LogP contribution in [0.25, 0.3) is 0 Å². The van der Waals surface area contributed by atoms with E-state index in [0.29, 0.717) is 11.5 Å². The third-order valence-electron chi connectivity index (χ3n) is 4.78. The molecule has 3 heterocycles. The van der Waals surface area contributed by atoms with Gasteiger partial charge in [0.15, 0.2) is 5.76 Å². The zero-order valence-corrected chi connectivity index (χ0v) is 15.6. The fourth-order valence-electron chi connectivity index (χ4n) is 3.40. The molecule has 1 aromatic heterocycles. The third kappa shape index (κ3) is 3.90. The minimum Gasteiger partial charge on any atom is -0.464 e. The quantitative estimate of drug-likeness (QED) is 0.821. The molecule has 4 rings (SSSR count). The lowest BCUT2D eigenvalue weighted by Crippen LogP contribution is -2.67. The standard InChI is InChI=1S/C20H23NO7/c1-11-5-7-13(8-6-11)26-20-16(21-12(2)22)17(23)18-15(27-20)10-25-19(28-18)14-4-3-9-24-14/h3-9,15-20,23H,10H2,1-2H3,(H,21,22)/t15-,16+,17+,18+,19+,20-/m1/s1. The highest BCUT2D eigenvalue weighted by molar-refractivity contribution is 5.73. The fraction of sp³-hybridized carbons (Fsp3) is 0.450. The minimum absolute atomic E-state index is 0.188. The second-order valence-corrected chi connectivity index (χ2v) is 6.97. The van der Waals surface area contributed by atoms with Crippen LogP contribution < -0.4 is 10.1 Å². The second kappa shape index (κ2) is 7.92. The number of benzene rings is 1. The van der Waals surface area contributed by atoms with Crippen molar-refractivity contribution in [3.8, 4) is 5.75 Å². The van der Waals surface area contributed by atoms with Gasteiger partial charge in [0, 0.05) is 6.92 Å². The summed E-state index contributed by atoms with van der Waals surface area (Å²) in [6.07, 6.45) is -2.44. The molecule has 0 radical (unpaired) electrons. The van der Waals surface area contributed by atoms with Crippen LogP contribution in [0.15, 0.2) is 47.1 Å². The molecule has 0 spiro atoms. The van der Waals surface area contributed by atoms with Crippen LogP contribution in [0.4, 0.5) is 0 Å². The van der Waals surface area contributed by atoms with E-state index in [9.17, 15) is 9.90 Å². The van der Waals surface area contributed by atoms with Crippen molar-refractivity contribution in [2.24, 2.45) is 0 Å². The van der Waals surface area contributed by atoms with Crippen molar-refractivity contribution in [3.05, 3.63) is 54.0 Å². The molecular formula is C20H23NO7. The molecule has 0 unspecified atom stereocenters. The maximum Gasteiger partial charge on any atom is 0.223 e. The Morgan fingerprint density at radius 1 is 1.21 bits per heavy atom. The van der Waals surface area contributed by atoms with Gasteiger partial charge in [-0.25, -0.2) is 0 Å². The largest absolute Gasteiger partial charge is 0.464 e. The van der Waals surface area contributed by atoms with Gasteiger partial charge in [-0.2, -0.15) is 0 Å². The number of hydrogen-bond acceptors (Lipinski definition) is 7. The highest BCUT2D eigenvalue weighted by Gasteiger charge is 2.51. The van der Waals surface area contributed by atoms with Gasteiger partial charge in [-0.3, -0.25) is 4.79 Å². The van der Waals surface area contributed by atoms with Gasteiger partial charge < -0.3 is 33.8 Å². The number of fused-ring (bicyclic) bond motifs is 1. The highest BCUT2D eigenvalue weighted by Crippen LogP contribution is 2.35. The molecule has 150 valence electrons. The van der Waals surface area contributed by atoms with E-state index < -0.39 is 36.9 Å². The summed E-state index contributed by atoms with van der Waals surface area (Å²) in [5.41, 5.74) is 1.09. The van der Waals surface area contributed by atoms with Crippen molar-refractivity contribution in [2.75, 3.05) is 6.61 Å². The van der Waals surface area contributed by atoms with Crippen LogP contribution in [0.5, 0.6) is 5.75 Å². The van der Waals surface area contributed by atoms with Gasteiger partial charge in [0.25, 0.3) is 0 Å². The van der Waals surface area contributed by atoms with Crippen molar-refractivity contribution in [3.63, 3.8) is 0 Å². The van der Waals surface area contributed by atoms with Crippen molar-refractivity contribution in [1.29, 1.82) is 0 Å². The molecule has 1 amide bonds. The number of rotatable bonds is 4. The third-order valence-corrected chi connectivity index (χ3v) is 4.78. The molecule has 2 saturated heterocycles. The molecule has 28 heavy (non-hydrogen) atoms. The molecule has 2 fully saturated rings. The van der Waals surface area contributed by atoms with Crippen molar-refractivity contribution in [1.82, 2.24) is 5.32 Å². The zero-order valence-electron chi connectivity index (χ0n) is 15.6. The minimum atomic E-state index is -1.06. The van der Waals surface area contributed by atoms with Crippen LogP contribution in [0, 0.1) is 6.92 Å². The Hall–Kier alpha value is -2.39. The Labute approximate surface area is 162 Å². The topological polar surface area (TPSA) is 99.4 Å². The monoisotopic (exact) mass is 389 g/mol. The number of hydrogen-bond donors (Lipinski definition) is 2. The predicted octanol–water partition coefficient (Wildman–Crippen LogP) is 1.67. The van der Waals surface area contributed by atoms with Crippen LogP contribution in [0.2, 0.25) is 0 Å².